The Morgan fingerprint density at radius 3 is 2.60 bits per heavy atom. The van der Waals surface area contributed by atoms with Gasteiger partial charge in [0.15, 0.2) is 0 Å². The molecule has 160 valence electrons. The number of rotatable bonds is 6. The van der Waals surface area contributed by atoms with E-state index in [1.165, 1.54) is 10.6 Å². The van der Waals surface area contributed by atoms with E-state index in [2.05, 4.69) is 15.1 Å². The molecule has 1 N–H and O–H groups in total. The van der Waals surface area contributed by atoms with Crippen LogP contribution in [0.3, 0.4) is 0 Å². The van der Waals surface area contributed by atoms with Crippen LogP contribution < -0.4 is 20.7 Å². The minimum Gasteiger partial charge on any atom is -0.378 e. The Kier molecular flexibility index (Phi) is 6.27. The van der Waals surface area contributed by atoms with Crippen LogP contribution in [0.1, 0.15) is 28.9 Å². The van der Waals surface area contributed by atoms with Gasteiger partial charge in [-0.25, -0.2) is 4.98 Å². The molecule has 2 aliphatic rings. The lowest BCUT2D eigenvalue weighted by atomic mass is 10.2. The lowest BCUT2D eigenvalue weighted by Crippen LogP contribution is -2.37. The predicted molar refractivity (Wildman–Crippen MR) is 114 cm³/mol. The summed E-state index contributed by atoms with van der Waals surface area (Å²) in [6.07, 6.45) is 4.48. The summed E-state index contributed by atoms with van der Waals surface area (Å²) in [6, 6.07) is 4.96. The third-order valence-corrected chi connectivity index (χ3v) is 5.49. The van der Waals surface area contributed by atoms with E-state index in [0.717, 1.165) is 56.5 Å². The predicted octanol–water partition coefficient (Wildman–Crippen LogP) is 0.585. The summed E-state index contributed by atoms with van der Waals surface area (Å²) in [4.78, 5) is 37.9. The van der Waals surface area contributed by atoms with Gasteiger partial charge in [0, 0.05) is 70.2 Å². The molecule has 2 aromatic heterocycles. The Balaban J connectivity index is 1.45. The molecule has 0 spiro atoms. The third kappa shape index (κ3) is 4.79. The van der Waals surface area contributed by atoms with Crippen molar-refractivity contribution in [1.29, 1.82) is 0 Å². The molecule has 2 saturated heterocycles. The van der Waals surface area contributed by atoms with Gasteiger partial charge in [0.05, 0.1) is 18.8 Å². The molecule has 0 unspecified atom stereocenters. The summed E-state index contributed by atoms with van der Waals surface area (Å²) >= 11 is 0. The number of nitrogens with one attached hydrogen (secondary N) is 1. The molecule has 9 nitrogen and oxygen atoms in total. The van der Waals surface area contributed by atoms with E-state index in [1.807, 2.05) is 6.07 Å². The zero-order valence-corrected chi connectivity index (χ0v) is 17.3. The number of anilines is 2. The third-order valence-electron chi connectivity index (χ3n) is 5.49. The van der Waals surface area contributed by atoms with Crippen molar-refractivity contribution in [2.75, 3.05) is 55.7 Å². The fourth-order valence-electron chi connectivity index (χ4n) is 3.74. The number of carbonyl (C=O) groups excluding carboxylic acids is 1. The van der Waals surface area contributed by atoms with Gasteiger partial charge in [-0.3, -0.25) is 9.59 Å². The summed E-state index contributed by atoms with van der Waals surface area (Å²) in [5.41, 5.74) is 1.23. The lowest BCUT2D eigenvalue weighted by molar-refractivity contribution is 0.0953. The summed E-state index contributed by atoms with van der Waals surface area (Å²) in [7, 11) is 1.63. The van der Waals surface area contributed by atoms with Gasteiger partial charge in [0.25, 0.3) is 5.91 Å². The van der Waals surface area contributed by atoms with Crippen molar-refractivity contribution in [2.24, 2.45) is 7.05 Å². The van der Waals surface area contributed by atoms with Crippen LogP contribution in [0.4, 0.5) is 11.8 Å². The minimum absolute atomic E-state index is 0.141. The summed E-state index contributed by atoms with van der Waals surface area (Å²) in [6.45, 7) is 5.46. The molecule has 4 rings (SSSR count). The average molecular weight is 412 g/mol. The van der Waals surface area contributed by atoms with Crippen LogP contribution in [0, 0.1) is 0 Å². The van der Waals surface area contributed by atoms with Crippen molar-refractivity contribution < 1.29 is 9.53 Å². The highest BCUT2D eigenvalue weighted by atomic mass is 16.5. The van der Waals surface area contributed by atoms with Crippen molar-refractivity contribution >= 4 is 17.7 Å². The number of hydrogen-bond donors (Lipinski definition) is 1. The summed E-state index contributed by atoms with van der Waals surface area (Å²) < 4.78 is 6.87. The first-order valence-electron chi connectivity index (χ1n) is 10.5. The second kappa shape index (κ2) is 9.25. The maximum atomic E-state index is 12.4. The van der Waals surface area contributed by atoms with E-state index in [4.69, 9.17) is 14.7 Å². The number of hydrogen-bond acceptors (Lipinski definition) is 7. The van der Waals surface area contributed by atoms with E-state index in [1.54, 1.807) is 19.3 Å². The molecule has 2 aromatic rings. The average Bonchev–Trinajstić information content (AvgIpc) is 3.31. The second-order valence-corrected chi connectivity index (χ2v) is 7.68. The highest BCUT2D eigenvalue weighted by molar-refractivity contribution is 5.93. The van der Waals surface area contributed by atoms with E-state index in [9.17, 15) is 9.59 Å². The fraction of sp³-hybridized carbons (Fsp3) is 0.524. The van der Waals surface area contributed by atoms with Crippen LogP contribution in [0.2, 0.25) is 0 Å². The maximum absolute atomic E-state index is 12.4. The number of nitrogens with zero attached hydrogens (tertiary/aromatic N) is 5. The molecule has 0 radical (unpaired) electrons. The molecular formula is C21H28N6O3. The van der Waals surface area contributed by atoms with Crippen molar-refractivity contribution in [2.45, 2.75) is 19.3 Å². The Morgan fingerprint density at radius 1 is 1.10 bits per heavy atom. The van der Waals surface area contributed by atoms with E-state index >= 15 is 0 Å². The summed E-state index contributed by atoms with van der Waals surface area (Å²) in [5.74, 6) is 1.50. The van der Waals surface area contributed by atoms with Crippen LogP contribution in [0.15, 0.2) is 29.2 Å². The van der Waals surface area contributed by atoms with Gasteiger partial charge in [-0.1, -0.05) is 0 Å². The summed E-state index contributed by atoms with van der Waals surface area (Å²) in [5, 5.41) is 2.92. The highest BCUT2D eigenvalue weighted by Crippen LogP contribution is 2.22. The van der Waals surface area contributed by atoms with Gasteiger partial charge in [0.1, 0.15) is 5.82 Å². The lowest BCUT2D eigenvalue weighted by Gasteiger charge is -2.29. The molecule has 4 heterocycles. The van der Waals surface area contributed by atoms with E-state index in [0.29, 0.717) is 31.7 Å². The Labute approximate surface area is 175 Å². The second-order valence-electron chi connectivity index (χ2n) is 7.68. The molecule has 2 aliphatic heterocycles. The Bertz CT molecular complexity index is 948. The first-order chi connectivity index (χ1) is 14.6. The van der Waals surface area contributed by atoms with Crippen molar-refractivity contribution in [1.82, 2.24) is 19.9 Å². The highest BCUT2D eigenvalue weighted by Gasteiger charge is 2.20. The monoisotopic (exact) mass is 412 g/mol. The molecular weight excluding hydrogens is 384 g/mol. The van der Waals surface area contributed by atoms with Crippen molar-refractivity contribution in [3.8, 4) is 0 Å². The number of morpholine rings is 1. The minimum atomic E-state index is -0.201. The SMILES string of the molecule is Cn1cc(C(=O)NCCc2cc(N3CCOCC3)nc(N3CCCC3)n2)ccc1=O. The molecule has 0 saturated carbocycles. The zero-order chi connectivity index (χ0) is 20.9. The standard InChI is InChI=1S/C21H28N6O3/c1-25-15-16(4-5-19(25)28)20(29)22-7-6-17-14-18(26-10-12-30-13-11-26)24-21(23-17)27-8-2-3-9-27/h4-5,14-15H,2-3,6-13H2,1H3,(H,22,29). The van der Waals surface area contributed by atoms with Crippen LogP contribution in [0.25, 0.3) is 0 Å². The first kappa shape index (κ1) is 20.3. The Hall–Kier alpha value is -2.94. The molecule has 0 atom stereocenters. The normalized spacial score (nSPS) is 16.7. The van der Waals surface area contributed by atoms with E-state index < -0.39 is 0 Å². The number of ether oxygens (including phenoxy) is 1. The van der Waals surface area contributed by atoms with Crippen molar-refractivity contribution in [3.63, 3.8) is 0 Å². The van der Waals surface area contributed by atoms with Gasteiger partial charge in [-0.05, 0) is 18.9 Å². The van der Waals surface area contributed by atoms with Gasteiger partial charge < -0.3 is 24.4 Å². The van der Waals surface area contributed by atoms with Gasteiger partial charge >= 0.3 is 0 Å². The van der Waals surface area contributed by atoms with Crippen LogP contribution in [-0.2, 0) is 18.2 Å². The fourth-order valence-corrected chi connectivity index (χ4v) is 3.74. The molecule has 0 bridgehead atoms. The van der Waals surface area contributed by atoms with Gasteiger partial charge in [-0.15, -0.1) is 0 Å². The van der Waals surface area contributed by atoms with Crippen LogP contribution >= 0.6 is 0 Å². The van der Waals surface area contributed by atoms with E-state index in [-0.39, 0.29) is 11.5 Å². The molecule has 9 heteroatoms. The number of amides is 1. The van der Waals surface area contributed by atoms with Crippen molar-refractivity contribution in [3.05, 3.63) is 46.0 Å². The van der Waals surface area contributed by atoms with Crippen LogP contribution in [-0.4, -0.2) is 66.4 Å². The number of carbonyl (C=O) groups is 1. The number of aromatic nitrogens is 3. The first-order valence-corrected chi connectivity index (χ1v) is 10.5. The van der Waals surface area contributed by atoms with Gasteiger partial charge in [0.2, 0.25) is 11.5 Å². The quantitative estimate of drug-likeness (QED) is 0.742. The number of aryl methyl sites for hydroxylation is 1. The largest absolute Gasteiger partial charge is 0.378 e. The maximum Gasteiger partial charge on any atom is 0.252 e. The van der Waals surface area contributed by atoms with Gasteiger partial charge in [-0.2, -0.15) is 4.98 Å². The molecule has 0 aromatic carbocycles. The molecule has 30 heavy (non-hydrogen) atoms. The molecule has 0 aliphatic carbocycles. The molecule has 1 amide bonds. The Morgan fingerprint density at radius 2 is 1.87 bits per heavy atom. The number of pyridine rings is 1. The topological polar surface area (TPSA) is 92.6 Å². The van der Waals surface area contributed by atoms with Crippen LogP contribution in [0.5, 0.6) is 0 Å². The zero-order valence-electron chi connectivity index (χ0n) is 17.3. The smallest absolute Gasteiger partial charge is 0.252 e. The molecule has 2 fully saturated rings.